The van der Waals surface area contributed by atoms with Crippen LogP contribution in [-0.2, 0) is 17.6 Å². The lowest BCUT2D eigenvalue weighted by molar-refractivity contribution is -0.119. The lowest BCUT2D eigenvalue weighted by Crippen LogP contribution is -2.26. The van der Waals surface area contributed by atoms with E-state index in [1.807, 2.05) is 13.0 Å². The zero-order valence-corrected chi connectivity index (χ0v) is 11.1. The summed E-state index contributed by atoms with van der Waals surface area (Å²) in [6.07, 6.45) is 2.20. The molecule has 0 fully saturated rings. The van der Waals surface area contributed by atoms with Crippen LogP contribution in [0.4, 0.5) is 5.69 Å². The van der Waals surface area contributed by atoms with Gasteiger partial charge in [-0.15, -0.1) is 0 Å². The Hall–Kier alpha value is -1.87. The Labute approximate surface area is 112 Å². The Kier molecular flexibility index (Phi) is 2.99. The molecule has 3 N–H and O–H groups in total. The van der Waals surface area contributed by atoms with Crippen molar-refractivity contribution >= 4 is 22.4 Å². The molecule has 0 aromatic heterocycles. The number of hydrogen-bond donors (Lipinski definition) is 2. The summed E-state index contributed by atoms with van der Waals surface area (Å²) in [5.41, 5.74) is 9.20. The fraction of sp³-hybridized carbons (Fsp3) is 0.312. The quantitative estimate of drug-likeness (QED) is 0.884. The summed E-state index contributed by atoms with van der Waals surface area (Å²) in [7, 11) is 0. The number of nitrogens with two attached hydrogens (primary N) is 1. The number of aryl methyl sites for hydroxylation is 2. The SMILES string of the molecule is CC(CN)C(=O)Nc1ccc2c3c(cccc13)CC2. The van der Waals surface area contributed by atoms with Crippen molar-refractivity contribution in [2.24, 2.45) is 11.7 Å². The largest absolute Gasteiger partial charge is 0.330 e. The molecule has 1 unspecified atom stereocenters. The molecule has 3 heteroatoms. The molecule has 3 nitrogen and oxygen atoms in total. The highest BCUT2D eigenvalue weighted by Gasteiger charge is 2.17. The van der Waals surface area contributed by atoms with Gasteiger partial charge in [0.05, 0.1) is 0 Å². The highest BCUT2D eigenvalue weighted by molar-refractivity contribution is 6.05. The zero-order chi connectivity index (χ0) is 13.4. The molecule has 19 heavy (non-hydrogen) atoms. The van der Waals surface area contributed by atoms with Gasteiger partial charge in [-0.2, -0.15) is 0 Å². The highest BCUT2D eigenvalue weighted by Crippen LogP contribution is 2.35. The minimum atomic E-state index is -0.164. The smallest absolute Gasteiger partial charge is 0.228 e. The van der Waals surface area contributed by atoms with Crippen LogP contribution in [0, 0.1) is 5.92 Å². The fourth-order valence-corrected chi connectivity index (χ4v) is 2.72. The third-order valence-corrected chi connectivity index (χ3v) is 3.94. The second-order valence-corrected chi connectivity index (χ2v) is 5.24. The molecule has 98 valence electrons. The maximum Gasteiger partial charge on any atom is 0.228 e. The first kappa shape index (κ1) is 12.2. The van der Waals surface area contributed by atoms with Crippen LogP contribution in [-0.4, -0.2) is 12.5 Å². The van der Waals surface area contributed by atoms with Crippen LogP contribution in [0.5, 0.6) is 0 Å². The van der Waals surface area contributed by atoms with Gasteiger partial charge in [-0.25, -0.2) is 0 Å². The van der Waals surface area contributed by atoms with E-state index in [4.69, 9.17) is 5.73 Å². The van der Waals surface area contributed by atoms with Gasteiger partial charge in [0, 0.05) is 23.5 Å². The molecule has 0 bridgehead atoms. The lowest BCUT2D eigenvalue weighted by Gasteiger charge is -2.13. The Morgan fingerprint density at radius 3 is 2.74 bits per heavy atom. The summed E-state index contributed by atoms with van der Waals surface area (Å²) < 4.78 is 0. The minimum absolute atomic E-state index is 0.0128. The molecule has 1 atom stereocenters. The van der Waals surface area contributed by atoms with Gasteiger partial charge >= 0.3 is 0 Å². The molecule has 2 aromatic rings. The van der Waals surface area contributed by atoms with Crippen LogP contribution in [0.3, 0.4) is 0 Å². The molecule has 2 aromatic carbocycles. The first-order chi connectivity index (χ1) is 9.20. The summed E-state index contributed by atoms with van der Waals surface area (Å²) in [6.45, 7) is 2.21. The van der Waals surface area contributed by atoms with Crippen molar-refractivity contribution in [1.29, 1.82) is 0 Å². The molecular weight excluding hydrogens is 236 g/mol. The van der Waals surface area contributed by atoms with E-state index in [-0.39, 0.29) is 11.8 Å². The maximum atomic E-state index is 12.0. The Morgan fingerprint density at radius 2 is 2.00 bits per heavy atom. The molecule has 1 amide bonds. The molecule has 3 rings (SSSR count). The zero-order valence-electron chi connectivity index (χ0n) is 11.1. The van der Waals surface area contributed by atoms with Gasteiger partial charge in [-0.1, -0.05) is 31.2 Å². The van der Waals surface area contributed by atoms with Crippen molar-refractivity contribution in [1.82, 2.24) is 0 Å². The van der Waals surface area contributed by atoms with Crippen LogP contribution >= 0.6 is 0 Å². The standard InChI is InChI=1S/C16H18N2O/c1-10(9-17)16(19)18-14-8-7-12-6-5-11-3-2-4-13(14)15(11)12/h2-4,7-8,10H,5-6,9,17H2,1H3,(H,18,19). The average molecular weight is 254 g/mol. The van der Waals surface area contributed by atoms with Gasteiger partial charge in [0.25, 0.3) is 0 Å². The lowest BCUT2D eigenvalue weighted by atomic mass is 10.0. The summed E-state index contributed by atoms with van der Waals surface area (Å²) in [6, 6.07) is 10.5. The van der Waals surface area contributed by atoms with Crippen LogP contribution in [0.2, 0.25) is 0 Å². The number of nitrogens with one attached hydrogen (secondary N) is 1. The van der Waals surface area contributed by atoms with Gasteiger partial charge < -0.3 is 11.1 Å². The molecule has 0 heterocycles. The van der Waals surface area contributed by atoms with Gasteiger partial charge in [-0.05, 0) is 35.4 Å². The summed E-state index contributed by atoms with van der Waals surface area (Å²) in [5.74, 6) is -0.177. The van der Waals surface area contributed by atoms with Crippen LogP contribution < -0.4 is 11.1 Å². The Morgan fingerprint density at radius 1 is 1.26 bits per heavy atom. The first-order valence-electron chi connectivity index (χ1n) is 6.75. The van der Waals surface area contributed by atoms with Gasteiger partial charge in [-0.3, -0.25) is 4.79 Å². The van der Waals surface area contributed by atoms with E-state index in [0.717, 1.165) is 23.9 Å². The van der Waals surface area contributed by atoms with Crippen molar-refractivity contribution in [3.63, 3.8) is 0 Å². The van der Waals surface area contributed by atoms with Crippen LogP contribution in [0.15, 0.2) is 30.3 Å². The van der Waals surface area contributed by atoms with Crippen molar-refractivity contribution in [3.8, 4) is 0 Å². The fourth-order valence-electron chi connectivity index (χ4n) is 2.72. The highest BCUT2D eigenvalue weighted by atomic mass is 16.1. The second-order valence-electron chi connectivity index (χ2n) is 5.24. The number of carbonyl (C=O) groups is 1. The number of benzene rings is 2. The molecular formula is C16H18N2O. The topological polar surface area (TPSA) is 55.1 Å². The van der Waals surface area contributed by atoms with Crippen molar-refractivity contribution < 1.29 is 4.79 Å². The van der Waals surface area contributed by atoms with E-state index >= 15 is 0 Å². The second kappa shape index (κ2) is 4.67. The van der Waals surface area contributed by atoms with E-state index in [9.17, 15) is 4.79 Å². The van der Waals surface area contributed by atoms with Crippen LogP contribution in [0.25, 0.3) is 10.8 Å². The number of rotatable bonds is 3. The predicted molar refractivity (Wildman–Crippen MR) is 78.2 cm³/mol. The van der Waals surface area contributed by atoms with Crippen molar-refractivity contribution in [2.75, 3.05) is 11.9 Å². The van der Waals surface area contributed by atoms with Gasteiger partial charge in [0.15, 0.2) is 0 Å². The molecule has 0 spiro atoms. The van der Waals surface area contributed by atoms with E-state index in [1.54, 1.807) is 0 Å². The molecule has 0 saturated heterocycles. The van der Waals surface area contributed by atoms with E-state index in [0.29, 0.717) is 6.54 Å². The van der Waals surface area contributed by atoms with E-state index in [2.05, 4.69) is 29.6 Å². The number of hydrogen-bond acceptors (Lipinski definition) is 2. The van der Waals surface area contributed by atoms with Crippen molar-refractivity contribution in [3.05, 3.63) is 41.5 Å². The van der Waals surface area contributed by atoms with E-state index in [1.165, 1.54) is 16.5 Å². The molecule has 0 saturated carbocycles. The van der Waals surface area contributed by atoms with Gasteiger partial charge in [0.1, 0.15) is 0 Å². The van der Waals surface area contributed by atoms with Gasteiger partial charge in [0.2, 0.25) is 5.91 Å². The molecule has 1 aliphatic carbocycles. The normalized spacial score (nSPS) is 14.6. The summed E-state index contributed by atoms with van der Waals surface area (Å²) in [5, 5.41) is 5.46. The number of amides is 1. The van der Waals surface area contributed by atoms with E-state index < -0.39 is 0 Å². The minimum Gasteiger partial charge on any atom is -0.330 e. The molecule has 0 aliphatic heterocycles. The predicted octanol–water partition coefficient (Wildman–Crippen LogP) is 2.47. The average Bonchev–Trinajstić information content (AvgIpc) is 2.86. The molecule has 0 radical (unpaired) electrons. The summed E-state index contributed by atoms with van der Waals surface area (Å²) >= 11 is 0. The monoisotopic (exact) mass is 254 g/mol. The summed E-state index contributed by atoms with van der Waals surface area (Å²) in [4.78, 5) is 12.0. The Balaban J connectivity index is 2.04. The third-order valence-electron chi connectivity index (χ3n) is 3.94. The van der Waals surface area contributed by atoms with Crippen molar-refractivity contribution in [2.45, 2.75) is 19.8 Å². The molecule has 1 aliphatic rings. The first-order valence-corrected chi connectivity index (χ1v) is 6.75. The number of carbonyl (C=O) groups excluding carboxylic acids is 1. The number of anilines is 1. The Bertz CT molecular complexity index is 638. The maximum absolute atomic E-state index is 12.0. The van der Waals surface area contributed by atoms with Crippen LogP contribution in [0.1, 0.15) is 18.1 Å². The third kappa shape index (κ3) is 2.00.